The van der Waals surface area contributed by atoms with Crippen molar-refractivity contribution in [3.8, 4) is 5.75 Å². The van der Waals surface area contributed by atoms with E-state index in [0.29, 0.717) is 16.4 Å². The van der Waals surface area contributed by atoms with E-state index in [1.165, 1.54) is 18.2 Å². The van der Waals surface area contributed by atoms with Crippen LogP contribution in [0.3, 0.4) is 0 Å². The molecule has 2 aromatic rings. The van der Waals surface area contributed by atoms with Gasteiger partial charge < -0.3 is 16.2 Å². The molecular formula is C13H10Cl2N2O2. The van der Waals surface area contributed by atoms with Crippen molar-refractivity contribution in [3.63, 3.8) is 0 Å². The highest BCUT2D eigenvalue weighted by Gasteiger charge is 2.11. The molecule has 2 rings (SSSR count). The summed E-state index contributed by atoms with van der Waals surface area (Å²) in [6.07, 6.45) is 0. The number of nitrogens with one attached hydrogen (secondary N) is 1. The number of anilines is 2. The average molecular weight is 297 g/mol. The molecule has 4 N–H and O–H groups in total. The number of hydrogen-bond acceptors (Lipinski definition) is 3. The highest BCUT2D eigenvalue weighted by Crippen LogP contribution is 2.25. The van der Waals surface area contributed by atoms with Crippen molar-refractivity contribution in [3.05, 3.63) is 52.0 Å². The van der Waals surface area contributed by atoms with Crippen molar-refractivity contribution in [1.82, 2.24) is 0 Å². The summed E-state index contributed by atoms with van der Waals surface area (Å²) in [4.78, 5) is 12.0. The predicted octanol–water partition coefficient (Wildman–Crippen LogP) is 3.53. The molecule has 0 aliphatic carbocycles. The van der Waals surface area contributed by atoms with Crippen LogP contribution >= 0.6 is 23.2 Å². The Labute approximate surface area is 119 Å². The molecular weight excluding hydrogens is 287 g/mol. The molecule has 19 heavy (non-hydrogen) atoms. The summed E-state index contributed by atoms with van der Waals surface area (Å²) in [5.74, 6) is -0.400. The second-order valence-corrected chi connectivity index (χ2v) is 4.67. The fourth-order valence-electron chi connectivity index (χ4n) is 1.49. The van der Waals surface area contributed by atoms with Gasteiger partial charge in [-0.3, -0.25) is 4.79 Å². The second-order valence-electron chi connectivity index (χ2n) is 3.85. The van der Waals surface area contributed by atoms with Crippen LogP contribution < -0.4 is 11.1 Å². The van der Waals surface area contributed by atoms with Gasteiger partial charge in [0, 0.05) is 5.69 Å². The number of nitrogens with two attached hydrogens (primary N) is 1. The highest BCUT2D eigenvalue weighted by molar-refractivity contribution is 6.35. The van der Waals surface area contributed by atoms with Crippen molar-refractivity contribution < 1.29 is 9.90 Å². The topological polar surface area (TPSA) is 75.3 Å². The van der Waals surface area contributed by atoms with Crippen LogP contribution in [0, 0.1) is 0 Å². The van der Waals surface area contributed by atoms with Crippen molar-refractivity contribution in [2.45, 2.75) is 0 Å². The number of hydrogen-bond donors (Lipinski definition) is 3. The summed E-state index contributed by atoms with van der Waals surface area (Å²) in [6, 6.07) is 8.89. The number of aromatic hydroxyl groups is 1. The normalized spacial score (nSPS) is 10.2. The van der Waals surface area contributed by atoms with Crippen LogP contribution in [0.4, 0.5) is 11.4 Å². The van der Waals surface area contributed by atoms with Gasteiger partial charge >= 0.3 is 0 Å². The Morgan fingerprint density at radius 2 is 1.84 bits per heavy atom. The zero-order chi connectivity index (χ0) is 14.0. The van der Waals surface area contributed by atoms with Gasteiger partial charge in [-0.15, -0.1) is 0 Å². The SMILES string of the molecule is Nc1ccc(NC(=O)c2ccc(O)cc2Cl)cc1Cl. The molecule has 0 spiro atoms. The number of carbonyl (C=O) groups is 1. The van der Waals surface area contributed by atoms with E-state index >= 15 is 0 Å². The standard InChI is InChI=1S/C13H10Cl2N2O2/c14-10-6-8(18)2-3-9(10)13(19)17-7-1-4-12(16)11(15)5-7/h1-6,18H,16H2,(H,17,19). The molecule has 0 bridgehead atoms. The third-order valence-electron chi connectivity index (χ3n) is 2.46. The van der Waals surface area contributed by atoms with Crippen LogP contribution in [-0.4, -0.2) is 11.0 Å². The molecule has 0 atom stereocenters. The third kappa shape index (κ3) is 3.10. The van der Waals surface area contributed by atoms with Crippen LogP contribution in [0.5, 0.6) is 5.75 Å². The lowest BCUT2D eigenvalue weighted by molar-refractivity contribution is 0.102. The predicted molar refractivity (Wildman–Crippen MR) is 76.9 cm³/mol. The summed E-state index contributed by atoms with van der Waals surface area (Å²) in [5, 5.41) is 12.4. The Kier molecular flexibility index (Phi) is 3.83. The lowest BCUT2D eigenvalue weighted by Gasteiger charge is -2.08. The van der Waals surface area contributed by atoms with Crippen LogP contribution in [0.1, 0.15) is 10.4 Å². The lowest BCUT2D eigenvalue weighted by atomic mass is 10.2. The van der Waals surface area contributed by atoms with Crippen LogP contribution in [0.15, 0.2) is 36.4 Å². The monoisotopic (exact) mass is 296 g/mol. The van der Waals surface area contributed by atoms with Gasteiger partial charge in [-0.1, -0.05) is 23.2 Å². The molecule has 2 aromatic carbocycles. The van der Waals surface area contributed by atoms with Gasteiger partial charge in [0.2, 0.25) is 0 Å². The second kappa shape index (κ2) is 5.38. The largest absolute Gasteiger partial charge is 0.508 e. The summed E-state index contributed by atoms with van der Waals surface area (Å²) in [6.45, 7) is 0. The summed E-state index contributed by atoms with van der Waals surface area (Å²) in [7, 11) is 0. The maximum atomic E-state index is 12.0. The Morgan fingerprint density at radius 3 is 2.47 bits per heavy atom. The van der Waals surface area contributed by atoms with E-state index in [4.69, 9.17) is 28.9 Å². The quantitative estimate of drug-likeness (QED) is 0.742. The number of benzene rings is 2. The first-order valence-electron chi connectivity index (χ1n) is 5.32. The zero-order valence-corrected chi connectivity index (χ0v) is 11.2. The van der Waals surface area contributed by atoms with E-state index in [2.05, 4.69) is 5.32 Å². The van der Waals surface area contributed by atoms with Gasteiger partial charge in [0.1, 0.15) is 5.75 Å². The zero-order valence-electron chi connectivity index (χ0n) is 9.65. The van der Waals surface area contributed by atoms with E-state index in [-0.39, 0.29) is 16.3 Å². The molecule has 0 saturated heterocycles. The highest BCUT2D eigenvalue weighted by atomic mass is 35.5. The number of phenols is 1. The average Bonchev–Trinajstić information content (AvgIpc) is 2.33. The first kappa shape index (κ1) is 13.5. The third-order valence-corrected chi connectivity index (χ3v) is 3.10. The number of halogens is 2. The molecule has 0 heterocycles. The maximum Gasteiger partial charge on any atom is 0.257 e. The molecule has 0 saturated carbocycles. The van der Waals surface area contributed by atoms with Crippen LogP contribution in [0.25, 0.3) is 0 Å². The van der Waals surface area contributed by atoms with E-state index < -0.39 is 5.91 Å². The molecule has 4 nitrogen and oxygen atoms in total. The van der Waals surface area contributed by atoms with Crippen molar-refractivity contribution in [2.24, 2.45) is 0 Å². The molecule has 0 fully saturated rings. The van der Waals surface area contributed by atoms with Crippen LogP contribution in [-0.2, 0) is 0 Å². The summed E-state index contributed by atoms with van der Waals surface area (Å²) in [5.41, 5.74) is 6.78. The maximum absolute atomic E-state index is 12.0. The van der Waals surface area contributed by atoms with E-state index in [9.17, 15) is 9.90 Å². The number of nitrogen functional groups attached to an aromatic ring is 1. The molecule has 0 aromatic heterocycles. The molecule has 1 amide bonds. The first-order valence-corrected chi connectivity index (χ1v) is 6.08. The summed E-state index contributed by atoms with van der Waals surface area (Å²) >= 11 is 11.7. The van der Waals surface area contributed by atoms with Gasteiger partial charge in [0.15, 0.2) is 0 Å². The molecule has 98 valence electrons. The van der Waals surface area contributed by atoms with Crippen molar-refractivity contribution >= 4 is 40.5 Å². The van der Waals surface area contributed by atoms with E-state index in [1.807, 2.05) is 0 Å². The number of carbonyl (C=O) groups excluding carboxylic acids is 1. The van der Waals surface area contributed by atoms with Gasteiger partial charge in [0.25, 0.3) is 5.91 Å². The fourth-order valence-corrected chi connectivity index (χ4v) is 1.93. The molecule has 0 radical (unpaired) electrons. The molecule has 0 aliphatic rings. The smallest absolute Gasteiger partial charge is 0.257 e. The van der Waals surface area contributed by atoms with E-state index in [0.717, 1.165) is 0 Å². The van der Waals surface area contributed by atoms with Gasteiger partial charge in [-0.2, -0.15) is 0 Å². The Hall–Kier alpha value is -1.91. The molecule has 0 aliphatic heterocycles. The number of phenolic OH excluding ortho intramolecular Hbond substituents is 1. The Balaban J connectivity index is 2.23. The molecule has 0 unspecified atom stereocenters. The minimum atomic E-state index is -0.397. The fraction of sp³-hybridized carbons (Fsp3) is 0. The van der Waals surface area contributed by atoms with Gasteiger partial charge in [-0.25, -0.2) is 0 Å². The van der Waals surface area contributed by atoms with E-state index in [1.54, 1.807) is 18.2 Å². The van der Waals surface area contributed by atoms with Gasteiger partial charge in [0.05, 0.1) is 21.3 Å². The minimum absolute atomic E-state index is 0.00270. The van der Waals surface area contributed by atoms with Gasteiger partial charge in [-0.05, 0) is 36.4 Å². The van der Waals surface area contributed by atoms with Crippen LogP contribution in [0.2, 0.25) is 10.0 Å². The first-order chi connectivity index (χ1) is 8.97. The Morgan fingerprint density at radius 1 is 1.11 bits per heavy atom. The lowest BCUT2D eigenvalue weighted by Crippen LogP contribution is -2.12. The molecule has 6 heteroatoms. The van der Waals surface area contributed by atoms with Crippen molar-refractivity contribution in [1.29, 1.82) is 0 Å². The Bertz CT molecular complexity index is 645. The minimum Gasteiger partial charge on any atom is -0.508 e. The number of rotatable bonds is 2. The summed E-state index contributed by atoms with van der Waals surface area (Å²) < 4.78 is 0. The number of amides is 1. The van der Waals surface area contributed by atoms with Crippen molar-refractivity contribution in [2.75, 3.05) is 11.1 Å².